The molecule has 0 bridgehead atoms. The molecule has 1 aromatic heterocycles. The maximum atomic E-state index is 12.0. The van der Waals surface area contributed by atoms with Crippen LogP contribution in [0.25, 0.3) is 0 Å². The molecule has 0 saturated heterocycles. The number of nitrogens with one attached hydrogen (secondary N) is 1. The van der Waals surface area contributed by atoms with Gasteiger partial charge in [0.1, 0.15) is 0 Å². The second kappa shape index (κ2) is 7.77. The molecule has 1 heterocycles. The molecular weight excluding hydrogens is 334 g/mol. The van der Waals surface area contributed by atoms with Crippen LogP contribution in [0.2, 0.25) is 0 Å². The summed E-state index contributed by atoms with van der Waals surface area (Å²) in [4.78, 5) is 43.5. The summed E-state index contributed by atoms with van der Waals surface area (Å²) in [5.41, 5.74) is -1.54. The van der Waals surface area contributed by atoms with Crippen molar-refractivity contribution in [1.82, 2.24) is 15.1 Å². The molecule has 25 heavy (non-hydrogen) atoms. The molecule has 1 N–H and O–H groups in total. The number of amides is 1. The maximum absolute atomic E-state index is 12.0. The number of aryl methyl sites for hydroxylation is 1. The number of carbonyl (C=O) groups excluding carboxylic acids is 1. The zero-order chi connectivity index (χ0) is 18.4. The quantitative estimate of drug-likeness (QED) is 0.443. The highest BCUT2D eigenvalue weighted by atomic mass is 16.6. The Morgan fingerprint density at radius 2 is 1.80 bits per heavy atom. The van der Waals surface area contributed by atoms with Crippen LogP contribution in [0.15, 0.2) is 41.3 Å². The van der Waals surface area contributed by atoms with E-state index >= 15 is 0 Å². The summed E-state index contributed by atoms with van der Waals surface area (Å²) < 4.78 is 1.23. The third-order valence-corrected chi connectivity index (χ3v) is 3.20. The van der Waals surface area contributed by atoms with Gasteiger partial charge >= 0.3 is 0 Å². The SMILES string of the molecule is O=C(NCCCn1ncccc1=O)c1cc([N+](=O)[O-])cc([N+](=O)[O-])c1. The summed E-state index contributed by atoms with van der Waals surface area (Å²) in [6.45, 7) is 0.438. The predicted molar refractivity (Wildman–Crippen MR) is 85.2 cm³/mol. The topological polar surface area (TPSA) is 150 Å². The fourth-order valence-corrected chi connectivity index (χ4v) is 2.03. The second-order valence-corrected chi connectivity index (χ2v) is 4.95. The molecular formula is C14H13N5O6. The zero-order valence-corrected chi connectivity index (χ0v) is 12.8. The van der Waals surface area contributed by atoms with Crippen LogP contribution in [0.4, 0.5) is 11.4 Å². The Bertz CT molecular complexity index is 846. The third kappa shape index (κ3) is 4.67. The van der Waals surface area contributed by atoms with Crippen molar-refractivity contribution in [3.63, 3.8) is 0 Å². The standard InChI is InChI=1S/C14H13N5O6/c20-13-3-1-5-16-17(13)6-2-4-15-14(21)10-7-11(18(22)23)9-12(8-10)19(24)25/h1,3,5,7-9H,2,4,6H2,(H,15,21). The van der Waals surface area contributed by atoms with Crippen molar-refractivity contribution in [1.29, 1.82) is 0 Å². The van der Waals surface area contributed by atoms with Crippen LogP contribution < -0.4 is 10.9 Å². The Morgan fingerprint density at radius 1 is 1.16 bits per heavy atom. The first-order chi connectivity index (χ1) is 11.9. The molecule has 0 unspecified atom stereocenters. The minimum atomic E-state index is -0.808. The molecule has 0 atom stereocenters. The predicted octanol–water partition coefficient (Wildman–Crippen LogP) is 0.880. The Labute approximate surface area is 140 Å². The van der Waals surface area contributed by atoms with Crippen molar-refractivity contribution >= 4 is 17.3 Å². The highest BCUT2D eigenvalue weighted by molar-refractivity contribution is 5.95. The van der Waals surface area contributed by atoms with Gasteiger partial charge in [0.15, 0.2) is 0 Å². The van der Waals surface area contributed by atoms with Gasteiger partial charge in [0.2, 0.25) is 0 Å². The molecule has 0 aliphatic rings. The number of aromatic nitrogens is 2. The number of benzene rings is 1. The number of nitrogens with zero attached hydrogens (tertiary/aromatic N) is 4. The largest absolute Gasteiger partial charge is 0.352 e. The second-order valence-electron chi connectivity index (χ2n) is 4.95. The van der Waals surface area contributed by atoms with E-state index in [2.05, 4.69) is 10.4 Å². The van der Waals surface area contributed by atoms with E-state index in [0.717, 1.165) is 18.2 Å². The fraction of sp³-hybridized carbons (Fsp3) is 0.214. The Morgan fingerprint density at radius 3 is 2.36 bits per heavy atom. The first-order valence-electron chi connectivity index (χ1n) is 7.12. The molecule has 0 fully saturated rings. The zero-order valence-electron chi connectivity index (χ0n) is 12.8. The molecule has 0 radical (unpaired) electrons. The van der Waals surface area contributed by atoms with Crippen molar-refractivity contribution in [2.45, 2.75) is 13.0 Å². The Balaban J connectivity index is 2.00. The number of non-ortho nitro benzene ring substituents is 2. The molecule has 2 aromatic rings. The van der Waals surface area contributed by atoms with E-state index in [9.17, 15) is 29.8 Å². The summed E-state index contributed by atoms with van der Waals surface area (Å²) in [7, 11) is 0. The molecule has 2 rings (SSSR count). The molecule has 1 amide bonds. The van der Waals surface area contributed by atoms with E-state index in [1.54, 1.807) is 0 Å². The lowest BCUT2D eigenvalue weighted by molar-refractivity contribution is -0.394. The average Bonchev–Trinajstić information content (AvgIpc) is 2.59. The minimum Gasteiger partial charge on any atom is -0.352 e. The summed E-state index contributed by atoms with van der Waals surface area (Å²) in [6.07, 6.45) is 1.85. The third-order valence-electron chi connectivity index (χ3n) is 3.20. The van der Waals surface area contributed by atoms with Gasteiger partial charge in [-0.1, -0.05) is 0 Å². The first-order valence-corrected chi connectivity index (χ1v) is 7.12. The van der Waals surface area contributed by atoms with Crippen molar-refractivity contribution in [3.05, 3.63) is 72.7 Å². The van der Waals surface area contributed by atoms with Gasteiger partial charge in [-0.05, 0) is 12.5 Å². The van der Waals surface area contributed by atoms with Crippen molar-refractivity contribution < 1.29 is 14.6 Å². The van der Waals surface area contributed by atoms with Crippen molar-refractivity contribution in [2.24, 2.45) is 0 Å². The van der Waals surface area contributed by atoms with Gasteiger partial charge in [0.25, 0.3) is 22.8 Å². The van der Waals surface area contributed by atoms with Crippen LogP contribution in [0, 0.1) is 20.2 Å². The van der Waals surface area contributed by atoms with Crippen LogP contribution in [0.1, 0.15) is 16.8 Å². The van der Waals surface area contributed by atoms with E-state index in [1.165, 1.54) is 23.0 Å². The van der Waals surface area contributed by atoms with E-state index in [-0.39, 0.29) is 24.2 Å². The van der Waals surface area contributed by atoms with Gasteiger partial charge in [-0.3, -0.25) is 29.8 Å². The van der Waals surface area contributed by atoms with E-state index in [4.69, 9.17) is 0 Å². The monoisotopic (exact) mass is 347 g/mol. The number of rotatable bonds is 7. The highest BCUT2D eigenvalue weighted by Crippen LogP contribution is 2.22. The van der Waals surface area contributed by atoms with E-state index in [0.29, 0.717) is 6.42 Å². The lowest BCUT2D eigenvalue weighted by Crippen LogP contribution is -2.27. The summed E-state index contributed by atoms with van der Waals surface area (Å²) in [6, 6.07) is 5.57. The number of carbonyl (C=O) groups is 1. The molecule has 0 saturated carbocycles. The minimum absolute atomic E-state index is 0.165. The van der Waals surface area contributed by atoms with Crippen LogP contribution in [0.3, 0.4) is 0 Å². The van der Waals surface area contributed by atoms with Crippen LogP contribution in [-0.2, 0) is 6.54 Å². The Hall–Kier alpha value is -3.63. The molecule has 11 nitrogen and oxygen atoms in total. The molecule has 11 heteroatoms. The number of nitro groups is 2. The van der Waals surface area contributed by atoms with E-state index < -0.39 is 27.1 Å². The smallest absolute Gasteiger partial charge is 0.277 e. The number of nitro benzene ring substituents is 2. The lowest BCUT2D eigenvalue weighted by Gasteiger charge is -2.06. The molecule has 0 aliphatic carbocycles. The van der Waals surface area contributed by atoms with Crippen LogP contribution >= 0.6 is 0 Å². The summed E-state index contributed by atoms with van der Waals surface area (Å²) in [5.74, 6) is -0.680. The molecule has 130 valence electrons. The van der Waals surface area contributed by atoms with Gasteiger partial charge in [0.05, 0.1) is 21.5 Å². The van der Waals surface area contributed by atoms with Gasteiger partial charge in [0, 0.05) is 37.5 Å². The number of hydrogen-bond donors (Lipinski definition) is 1. The molecule has 0 spiro atoms. The summed E-state index contributed by atoms with van der Waals surface area (Å²) in [5, 5.41) is 28.0. The molecule has 0 aliphatic heterocycles. The average molecular weight is 347 g/mol. The van der Waals surface area contributed by atoms with E-state index in [1.807, 2.05) is 0 Å². The highest BCUT2D eigenvalue weighted by Gasteiger charge is 2.19. The van der Waals surface area contributed by atoms with Crippen molar-refractivity contribution in [3.8, 4) is 0 Å². The van der Waals surface area contributed by atoms with Gasteiger partial charge < -0.3 is 5.32 Å². The van der Waals surface area contributed by atoms with Crippen LogP contribution in [0.5, 0.6) is 0 Å². The van der Waals surface area contributed by atoms with Crippen molar-refractivity contribution in [2.75, 3.05) is 6.54 Å². The number of hydrogen-bond acceptors (Lipinski definition) is 7. The summed E-state index contributed by atoms with van der Waals surface area (Å²) >= 11 is 0. The lowest BCUT2D eigenvalue weighted by atomic mass is 10.1. The normalized spacial score (nSPS) is 10.2. The maximum Gasteiger partial charge on any atom is 0.277 e. The first kappa shape index (κ1) is 17.7. The molecule has 1 aromatic carbocycles. The Kier molecular flexibility index (Phi) is 5.50. The fourth-order valence-electron chi connectivity index (χ4n) is 2.03. The van der Waals surface area contributed by atoms with Gasteiger partial charge in [-0.2, -0.15) is 5.10 Å². The van der Waals surface area contributed by atoms with Gasteiger partial charge in [-0.15, -0.1) is 0 Å². The van der Waals surface area contributed by atoms with Gasteiger partial charge in [-0.25, -0.2) is 4.68 Å². The van der Waals surface area contributed by atoms with Crippen LogP contribution in [-0.4, -0.2) is 32.1 Å².